The largest absolute Gasteiger partial charge is 0.454 e. The summed E-state index contributed by atoms with van der Waals surface area (Å²) in [6.45, 7) is 0.829. The molecule has 11 heteroatoms. The Morgan fingerprint density at radius 3 is 2.07 bits per heavy atom. The van der Waals surface area contributed by atoms with E-state index in [0.29, 0.717) is 29.2 Å². The third-order valence-corrected chi connectivity index (χ3v) is 4.44. The van der Waals surface area contributed by atoms with E-state index in [1.165, 1.54) is 25.1 Å². The van der Waals surface area contributed by atoms with Crippen LogP contribution in [-0.4, -0.2) is 24.4 Å². The predicted octanol–water partition coefficient (Wildman–Crippen LogP) is 4.09. The highest BCUT2D eigenvalue weighted by Gasteiger charge is 2.37. The molecule has 162 valence electrons. The summed E-state index contributed by atoms with van der Waals surface area (Å²) in [7, 11) is 0. The molecule has 1 heterocycles. The summed E-state index contributed by atoms with van der Waals surface area (Å²) in [6, 6.07) is 5.04. The lowest BCUT2D eigenvalue weighted by Crippen LogP contribution is -2.38. The molecular formula is C19H15F6NO4. The fourth-order valence-corrected chi connectivity index (χ4v) is 2.77. The first-order valence-electron chi connectivity index (χ1n) is 8.47. The van der Waals surface area contributed by atoms with Gasteiger partial charge in [-0.1, -0.05) is 6.07 Å². The van der Waals surface area contributed by atoms with Crippen LogP contribution in [0.15, 0.2) is 36.4 Å². The lowest BCUT2D eigenvalue weighted by Gasteiger charge is -2.24. The summed E-state index contributed by atoms with van der Waals surface area (Å²) < 4.78 is 88.0. The van der Waals surface area contributed by atoms with Crippen LogP contribution in [0.3, 0.4) is 0 Å². The zero-order valence-corrected chi connectivity index (χ0v) is 15.3. The molecule has 2 aromatic carbocycles. The van der Waals surface area contributed by atoms with E-state index in [2.05, 4.69) is 5.32 Å². The van der Waals surface area contributed by atoms with Crippen molar-refractivity contribution < 1.29 is 45.7 Å². The molecule has 0 aliphatic carbocycles. The molecular weight excluding hydrogens is 420 g/mol. The zero-order chi connectivity index (χ0) is 22.3. The number of hydrogen-bond donors (Lipinski definition) is 2. The van der Waals surface area contributed by atoms with Crippen molar-refractivity contribution in [3.63, 3.8) is 0 Å². The number of ether oxygens (including phenoxy) is 2. The molecule has 3 rings (SSSR count). The summed E-state index contributed by atoms with van der Waals surface area (Å²) >= 11 is 0. The van der Waals surface area contributed by atoms with Crippen molar-refractivity contribution in [3.05, 3.63) is 58.7 Å². The summed E-state index contributed by atoms with van der Waals surface area (Å²) in [5.41, 5.74) is -5.44. The minimum absolute atomic E-state index is 0.00521. The molecule has 0 aromatic heterocycles. The number of amides is 1. The number of rotatable bonds is 4. The number of alkyl halides is 6. The Morgan fingerprint density at radius 2 is 1.50 bits per heavy atom. The van der Waals surface area contributed by atoms with Gasteiger partial charge in [0.15, 0.2) is 11.5 Å². The molecule has 1 atom stereocenters. The highest BCUT2D eigenvalue weighted by Crippen LogP contribution is 2.37. The number of halogens is 6. The average molecular weight is 435 g/mol. The second-order valence-electron chi connectivity index (χ2n) is 6.82. The second kappa shape index (κ2) is 7.38. The van der Waals surface area contributed by atoms with E-state index in [4.69, 9.17) is 9.47 Å². The van der Waals surface area contributed by atoms with Gasteiger partial charge in [-0.2, -0.15) is 26.3 Å². The summed E-state index contributed by atoms with van der Waals surface area (Å²) in [6.07, 6.45) is -10.2. The van der Waals surface area contributed by atoms with Gasteiger partial charge in [0.25, 0.3) is 5.91 Å². The van der Waals surface area contributed by atoms with Crippen molar-refractivity contribution in [2.75, 3.05) is 13.3 Å². The summed E-state index contributed by atoms with van der Waals surface area (Å²) in [5, 5.41) is 12.8. The normalized spacial score (nSPS) is 15.6. The maximum absolute atomic E-state index is 12.9. The number of carbonyl (C=O) groups excluding carboxylic acids is 1. The van der Waals surface area contributed by atoms with Crippen LogP contribution < -0.4 is 14.8 Å². The fraction of sp³-hybridized carbons (Fsp3) is 0.316. The molecule has 0 unspecified atom stereocenters. The molecule has 0 fully saturated rings. The first-order valence-corrected chi connectivity index (χ1v) is 8.47. The van der Waals surface area contributed by atoms with Gasteiger partial charge in [0.2, 0.25) is 6.79 Å². The van der Waals surface area contributed by atoms with Gasteiger partial charge in [0.05, 0.1) is 17.7 Å². The third kappa shape index (κ3) is 4.61. The van der Waals surface area contributed by atoms with Gasteiger partial charge in [-0.05, 0) is 42.8 Å². The first-order chi connectivity index (χ1) is 13.8. The van der Waals surface area contributed by atoms with Gasteiger partial charge in [0, 0.05) is 5.56 Å². The molecule has 1 aliphatic rings. The Bertz CT molecular complexity index is 936. The van der Waals surface area contributed by atoms with E-state index in [-0.39, 0.29) is 12.9 Å². The van der Waals surface area contributed by atoms with Crippen LogP contribution in [0.5, 0.6) is 11.5 Å². The van der Waals surface area contributed by atoms with Crippen molar-refractivity contribution in [2.24, 2.45) is 0 Å². The van der Waals surface area contributed by atoms with E-state index in [1.54, 1.807) is 0 Å². The van der Waals surface area contributed by atoms with Crippen LogP contribution in [0.1, 0.15) is 34.0 Å². The van der Waals surface area contributed by atoms with Gasteiger partial charge < -0.3 is 19.9 Å². The molecule has 2 aromatic rings. The SMILES string of the molecule is C[C@](O)(CNC(=O)c1cc(C(F)(F)F)cc(C(F)(F)F)c1)c1ccc2c(c1)OCO2. The number of carbonyl (C=O) groups is 1. The van der Waals surface area contributed by atoms with Gasteiger partial charge in [0.1, 0.15) is 5.60 Å². The maximum Gasteiger partial charge on any atom is 0.416 e. The Balaban J connectivity index is 1.81. The topological polar surface area (TPSA) is 67.8 Å². The lowest BCUT2D eigenvalue weighted by atomic mass is 9.95. The molecule has 0 bridgehead atoms. The summed E-state index contributed by atoms with van der Waals surface area (Å²) in [4.78, 5) is 12.3. The highest BCUT2D eigenvalue weighted by molar-refractivity contribution is 5.94. The molecule has 5 nitrogen and oxygen atoms in total. The Hall–Kier alpha value is -2.95. The summed E-state index contributed by atoms with van der Waals surface area (Å²) in [5.74, 6) is -0.401. The third-order valence-electron chi connectivity index (χ3n) is 4.44. The van der Waals surface area contributed by atoms with Gasteiger partial charge in [-0.25, -0.2) is 0 Å². The molecule has 1 amide bonds. The Morgan fingerprint density at radius 1 is 0.933 bits per heavy atom. The van der Waals surface area contributed by atoms with Crippen LogP contribution in [0.4, 0.5) is 26.3 Å². The second-order valence-corrected chi connectivity index (χ2v) is 6.82. The number of fused-ring (bicyclic) bond motifs is 1. The maximum atomic E-state index is 12.9. The number of nitrogens with one attached hydrogen (secondary N) is 1. The van der Waals surface area contributed by atoms with E-state index in [1.807, 2.05) is 0 Å². The minimum atomic E-state index is -5.08. The smallest absolute Gasteiger partial charge is 0.416 e. The molecule has 0 saturated heterocycles. The van der Waals surface area contributed by atoms with Crippen molar-refractivity contribution in [1.29, 1.82) is 0 Å². The molecule has 1 aliphatic heterocycles. The van der Waals surface area contributed by atoms with Crippen molar-refractivity contribution in [1.82, 2.24) is 5.32 Å². The minimum Gasteiger partial charge on any atom is -0.454 e. The fourth-order valence-electron chi connectivity index (χ4n) is 2.77. The predicted molar refractivity (Wildman–Crippen MR) is 90.9 cm³/mol. The van der Waals surface area contributed by atoms with Gasteiger partial charge in [-0.15, -0.1) is 0 Å². The lowest BCUT2D eigenvalue weighted by molar-refractivity contribution is -0.143. The molecule has 0 spiro atoms. The monoisotopic (exact) mass is 435 g/mol. The van der Waals surface area contributed by atoms with Gasteiger partial charge >= 0.3 is 12.4 Å². The van der Waals surface area contributed by atoms with Crippen LogP contribution in [0, 0.1) is 0 Å². The van der Waals surface area contributed by atoms with Crippen LogP contribution >= 0.6 is 0 Å². The number of hydrogen-bond acceptors (Lipinski definition) is 4. The van der Waals surface area contributed by atoms with E-state index < -0.39 is 47.1 Å². The van der Waals surface area contributed by atoms with Gasteiger partial charge in [-0.3, -0.25) is 4.79 Å². The van der Waals surface area contributed by atoms with Crippen LogP contribution in [0.2, 0.25) is 0 Å². The van der Waals surface area contributed by atoms with Crippen molar-refractivity contribution >= 4 is 5.91 Å². The first kappa shape index (κ1) is 21.8. The Kier molecular flexibility index (Phi) is 5.35. The number of benzene rings is 2. The highest BCUT2D eigenvalue weighted by atomic mass is 19.4. The molecule has 2 N–H and O–H groups in total. The van der Waals surface area contributed by atoms with Crippen molar-refractivity contribution in [2.45, 2.75) is 24.9 Å². The van der Waals surface area contributed by atoms with Crippen molar-refractivity contribution in [3.8, 4) is 11.5 Å². The quantitative estimate of drug-likeness (QED) is 0.710. The van der Waals surface area contributed by atoms with Crippen LogP contribution in [0.25, 0.3) is 0 Å². The zero-order valence-electron chi connectivity index (χ0n) is 15.3. The van der Waals surface area contributed by atoms with E-state index in [0.717, 1.165) is 0 Å². The van der Waals surface area contributed by atoms with E-state index in [9.17, 15) is 36.2 Å². The van der Waals surface area contributed by atoms with Crippen LogP contribution in [-0.2, 0) is 18.0 Å². The Labute approximate surface area is 166 Å². The molecule has 30 heavy (non-hydrogen) atoms. The average Bonchev–Trinajstić information content (AvgIpc) is 3.12. The van der Waals surface area contributed by atoms with E-state index >= 15 is 0 Å². The number of aliphatic hydroxyl groups is 1. The molecule has 0 saturated carbocycles. The molecule has 0 radical (unpaired) electrons. The standard InChI is InChI=1S/C19H15F6NO4/c1-17(28,11-2-3-14-15(7-11)30-9-29-14)8-26-16(27)10-4-12(18(20,21)22)6-13(5-10)19(23,24)25/h2-7,28H,8-9H2,1H3,(H,26,27)/t17-/m0/s1.